The van der Waals surface area contributed by atoms with Crippen molar-refractivity contribution in [2.45, 2.75) is 19.9 Å². The lowest BCUT2D eigenvalue weighted by Crippen LogP contribution is -2.07. The van der Waals surface area contributed by atoms with Gasteiger partial charge < -0.3 is 9.73 Å². The number of nitrogens with one attached hydrogen (secondary N) is 1. The van der Waals surface area contributed by atoms with E-state index in [1.165, 1.54) is 6.07 Å². The lowest BCUT2D eigenvalue weighted by molar-refractivity contribution is -0.384. The average Bonchev–Trinajstić information content (AvgIpc) is 2.76. The maximum atomic E-state index is 10.9. The number of benzene rings is 1. The van der Waals surface area contributed by atoms with E-state index in [1.807, 2.05) is 26.0 Å². The van der Waals surface area contributed by atoms with Crippen LogP contribution in [0.25, 0.3) is 0 Å². The summed E-state index contributed by atoms with van der Waals surface area (Å²) >= 11 is 0. The lowest BCUT2D eigenvalue weighted by Gasteiger charge is -2.12. The molecular weight excluding hydrogens is 232 g/mol. The fraction of sp³-hybridized carbons (Fsp3) is 0.231. The van der Waals surface area contributed by atoms with E-state index >= 15 is 0 Å². The first-order chi connectivity index (χ1) is 8.58. The molecule has 0 bridgehead atoms. The third-order valence-corrected chi connectivity index (χ3v) is 2.66. The zero-order valence-corrected chi connectivity index (χ0v) is 10.2. The Bertz CT molecular complexity index is 563. The SMILES string of the molecule is Cc1ccc(C(C)Nc2ccccc2[N+](=O)[O-])o1. The monoisotopic (exact) mass is 246 g/mol. The zero-order valence-electron chi connectivity index (χ0n) is 10.2. The van der Waals surface area contributed by atoms with Crippen molar-refractivity contribution in [1.29, 1.82) is 0 Å². The molecule has 1 aromatic heterocycles. The van der Waals surface area contributed by atoms with Gasteiger partial charge in [-0.15, -0.1) is 0 Å². The van der Waals surface area contributed by atoms with Crippen molar-refractivity contribution in [2.24, 2.45) is 0 Å². The molecule has 5 heteroatoms. The van der Waals surface area contributed by atoms with Crippen LogP contribution in [-0.4, -0.2) is 4.92 Å². The number of nitro groups is 1. The van der Waals surface area contributed by atoms with Gasteiger partial charge in [0.1, 0.15) is 17.2 Å². The van der Waals surface area contributed by atoms with Crippen molar-refractivity contribution in [1.82, 2.24) is 0 Å². The number of nitro benzene ring substituents is 1. The first-order valence-corrected chi connectivity index (χ1v) is 5.64. The van der Waals surface area contributed by atoms with Gasteiger partial charge in [0.15, 0.2) is 0 Å². The zero-order chi connectivity index (χ0) is 13.1. The lowest BCUT2D eigenvalue weighted by atomic mass is 10.2. The van der Waals surface area contributed by atoms with Crippen LogP contribution in [0.4, 0.5) is 11.4 Å². The van der Waals surface area contributed by atoms with E-state index < -0.39 is 4.92 Å². The highest BCUT2D eigenvalue weighted by molar-refractivity contribution is 5.61. The van der Waals surface area contributed by atoms with Crippen molar-refractivity contribution in [3.8, 4) is 0 Å². The molecule has 18 heavy (non-hydrogen) atoms. The summed E-state index contributed by atoms with van der Waals surface area (Å²) in [5.41, 5.74) is 0.552. The standard InChI is InChI=1S/C13H14N2O3/c1-9-7-8-13(18-9)10(2)14-11-5-3-4-6-12(11)15(16)17/h3-8,10,14H,1-2H3. The highest BCUT2D eigenvalue weighted by atomic mass is 16.6. The number of aryl methyl sites for hydroxylation is 1. The third kappa shape index (κ3) is 2.51. The molecular formula is C13H14N2O3. The molecule has 5 nitrogen and oxygen atoms in total. The van der Waals surface area contributed by atoms with Crippen LogP contribution in [-0.2, 0) is 0 Å². The van der Waals surface area contributed by atoms with Crippen LogP contribution in [0.2, 0.25) is 0 Å². The van der Waals surface area contributed by atoms with Crippen LogP contribution < -0.4 is 5.32 Å². The molecule has 0 aliphatic carbocycles. The molecule has 1 heterocycles. The first-order valence-electron chi connectivity index (χ1n) is 5.64. The summed E-state index contributed by atoms with van der Waals surface area (Å²) in [7, 11) is 0. The first kappa shape index (κ1) is 12.2. The summed E-state index contributed by atoms with van der Waals surface area (Å²) in [5.74, 6) is 1.58. The number of hydrogen-bond acceptors (Lipinski definition) is 4. The highest BCUT2D eigenvalue weighted by Gasteiger charge is 2.16. The number of para-hydroxylation sites is 2. The van der Waals surface area contributed by atoms with Crippen molar-refractivity contribution in [3.05, 3.63) is 58.0 Å². The van der Waals surface area contributed by atoms with E-state index in [4.69, 9.17) is 4.42 Å². The predicted octanol–water partition coefficient (Wildman–Crippen LogP) is 3.67. The Labute approximate surface area is 105 Å². The van der Waals surface area contributed by atoms with Crippen molar-refractivity contribution in [3.63, 3.8) is 0 Å². The van der Waals surface area contributed by atoms with Crippen LogP contribution >= 0.6 is 0 Å². The van der Waals surface area contributed by atoms with Crippen LogP contribution in [0, 0.1) is 17.0 Å². The minimum Gasteiger partial charge on any atom is -0.464 e. The summed E-state index contributed by atoms with van der Waals surface area (Å²) in [4.78, 5) is 10.5. The van der Waals surface area contributed by atoms with Crippen molar-refractivity contribution in [2.75, 3.05) is 5.32 Å². The van der Waals surface area contributed by atoms with E-state index in [0.29, 0.717) is 5.69 Å². The maximum Gasteiger partial charge on any atom is 0.292 e. The van der Waals surface area contributed by atoms with Gasteiger partial charge >= 0.3 is 0 Å². The average molecular weight is 246 g/mol. The van der Waals surface area contributed by atoms with Gasteiger partial charge in [0.25, 0.3) is 5.69 Å². The number of nitrogens with zero attached hydrogens (tertiary/aromatic N) is 1. The number of furan rings is 1. The van der Waals surface area contributed by atoms with Gasteiger partial charge in [-0.1, -0.05) is 12.1 Å². The third-order valence-electron chi connectivity index (χ3n) is 2.66. The number of hydrogen-bond donors (Lipinski definition) is 1. The molecule has 1 aromatic carbocycles. The van der Waals surface area contributed by atoms with Crippen molar-refractivity contribution >= 4 is 11.4 Å². The largest absolute Gasteiger partial charge is 0.464 e. The summed E-state index contributed by atoms with van der Waals surface area (Å²) in [6.45, 7) is 3.76. The fourth-order valence-electron chi connectivity index (χ4n) is 1.75. The molecule has 94 valence electrons. The molecule has 0 saturated carbocycles. The molecule has 0 aliphatic rings. The number of rotatable bonds is 4. The van der Waals surface area contributed by atoms with Crippen LogP contribution in [0.1, 0.15) is 24.5 Å². The molecule has 2 aromatic rings. The summed E-state index contributed by atoms with van der Waals surface area (Å²) in [6.07, 6.45) is 0. The van der Waals surface area contributed by atoms with E-state index in [1.54, 1.807) is 18.2 Å². The predicted molar refractivity (Wildman–Crippen MR) is 68.6 cm³/mol. The van der Waals surface area contributed by atoms with Gasteiger partial charge in [-0.3, -0.25) is 10.1 Å². The minimum atomic E-state index is -0.400. The Morgan fingerprint density at radius 3 is 2.61 bits per heavy atom. The number of anilines is 1. The van der Waals surface area contributed by atoms with Gasteiger partial charge in [-0.05, 0) is 32.0 Å². The fourth-order valence-corrected chi connectivity index (χ4v) is 1.75. The Hall–Kier alpha value is -2.30. The minimum absolute atomic E-state index is 0.0626. The van der Waals surface area contributed by atoms with Crippen LogP contribution in [0.5, 0.6) is 0 Å². The Kier molecular flexibility index (Phi) is 3.32. The molecule has 2 rings (SSSR count). The Morgan fingerprint density at radius 2 is 2.00 bits per heavy atom. The van der Waals surface area contributed by atoms with Crippen molar-refractivity contribution < 1.29 is 9.34 Å². The second-order valence-electron chi connectivity index (χ2n) is 4.09. The van der Waals surface area contributed by atoms with Gasteiger partial charge in [0.05, 0.1) is 11.0 Å². The Morgan fingerprint density at radius 1 is 1.28 bits per heavy atom. The highest BCUT2D eigenvalue weighted by Crippen LogP contribution is 2.28. The van der Waals surface area contributed by atoms with E-state index in [-0.39, 0.29) is 11.7 Å². The normalized spacial score (nSPS) is 12.1. The maximum absolute atomic E-state index is 10.9. The van der Waals surface area contributed by atoms with Gasteiger partial charge in [-0.2, -0.15) is 0 Å². The van der Waals surface area contributed by atoms with E-state index in [9.17, 15) is 10.1 Å². The molecule has 0 aliphatic heterocycles. The smallest absolute Gasteiger partial charge is 0.292 e. The second kappa shape index (κ2) is 4.91. The molecule has 0 saturated heterocycles. The molecule has 1 atom stereocenters. The van der Waals surface area contributed by atoms with E-state index in [0.717, 1.165) is 11.5 Å². The summed E-state index contributed by atoms with van der Waals surface area (Å²) in [5, 5.41) is 14.0. The topological polar surface area (TPSA) is 68.3 Å². The van der Waals surface area contributed by atoms with Crippen LogP contribution in [0.15, 0.2) is 40.8 Å². The molecule has 0 fully saturated rings. The molecule has 1 unspecified atom stereocenters. The molecule has 0 spiro atoms. The molecule has 1 N–H and O–H groups in total. The van der Waals surface area contributed by atoms with Gasteiger partial charge in [0, 0.05) is 6.07 Å². The van der Waals surface area contributed by atoms with Gasteiger partial charge in [-0.25, -0.2) is 0 Å². The van der Waals surface area contributed by atoms with Crippen LogP contribution in [0.3, 0.4) is 0 Å². The Balaban J connectivity index is 2.21. The van der Waals surface area contributed by atoms with E-state index in [2.05, 4.69) is 5.32 Å². The summed E-state index contributed by atoms with van der Waals surface area (Å²) in [6, 6.07) is 10.2. The van der Waals surface area contributed by atoms with Gasteiger partial charge in [0.2, 0.25) is 0 Å². The molecule has 0 radical (unpaired) electrons. The quantitative estimate of drug-likeness (QED) is 0.660. The summed E-state index contributed by atoms with van der Waals surface area (Å²) < 4.78 is 5.49. The molecule has 0 amide bonds. The second-order valence-corrected chi connectivity index (χ2v) is 4.09.